The van der Waals surface area contributed by atoms with Crippen LogP contribution in [0.4, 0.5) is 5.95 Å². The summed E-state index contributed by atoms with van der Waals surface area (Å²) in [7, 11) is 0. The molecule has 0 saturated carbocycles. The summed E-state index contributed by atoms with van der Waals surface area (Å²) < 4.78 is 0. The zero-order valence-corrected chi connectivity index (χ0v) is 12.1. The number of hydrogen-bond donors (Lipinski definition) is 2. The van der Waals surface area contributed by atoms with Gasteiger partial charge in [-0.2, -0.15) is 0 Å². The van der Waals surface area contributed by atoms with Crippen LogP contribution in [0.15, 0.2) is 12.4 Å². The van der Waals surface area contributed by atoms with Crippen molar-refractivity contribution in [3.8, 4) is 0 Å². The zero-order valence-electron chi connectivity index (χ0n) is 12.1. The van der Waals surface area contributed by atoms with Crippen molar-refractivity contribution in [1.29, 1.82) is 0 Å². The Labute approximate surface area is 115 Å². The molecule has 1 aromatic rings. The van der Waals surface area contributed by atoms with Gasteiger partial charge in [-0.1, -0.05) is 0 Å². The summed E-state index contributed by atoms with van der Waals surface area (Å²) in [6.45, 7) is 8.87. The Hall–Kier alpha value is -1.20. The fourth-order valence-corrected chi connectivity index (χ4v) is 2.04. The lowest BCUT2D eigenvalue weighted by Crippen LogP contribution is -2.37. The third kappa shape index (κ3) is 4.44. The first-order chi connectivity index (χ1) is 8.94. The molecule has 0 radical (unpaired) electrons. The minimum absolute atomic E-state index is 0.0989. The summed E-state index contributed by atoms with van der Waals surface area (Å²) >= 11 is 0. The highest BCUT2D eigenvalue weighted by Crippen LogP contribution is 2.15. The molecular weight excluding hydrogens is 240 g/mol. The molecule has 1 aromatic heterocycles. The van der Waals surface area contributed by atoms with Crippen molar-refractivity contribution in [2.24, 2.45) is 0 Å². The number of aliphatic hydroxyl groups is 1. The topological polar surface area (TPSA) is 61.3 Å². The Morgan fingerprint density at radius 3 is 2.37 bits per heavy atom. The lowest BCUT2D eigenvalue weighted by Gasteiger charge is -2.29. The molecule has 0 bridgehead atoms. The summed E-state index contributed by atoms with van der Waals surface area (Å²) in [5, 5.41) is 12.9. The van der Waals surface area contributed by atoms with Gasteiger partial charge in [0, 0.05) is 43.1 Å². The standard InChI is InChI=1S/C14H24N4O/c1-14(2,3)17-10-11-8-15-13(16-9-11)18-6-4-12(19)5-7-18/h8-9,12,17,19H,4-7,10H2,1-3H3. The van der Waals surface area contributed by atoms with E-state index < -0.39 is 0 Å². The first-order valence-corrected chi connectivity index (χ1v) is 6.93. The van der Waals surface area contributed by atoms with E-state index in [0.717, 1.165) is 44.0 Å². The first-order valence-electron chi connectivity index (χ1n) is 6.93. The van der Waals surface area contributed by atoms with Gasteiger partial charge in [-0.15, -0.1) is 0 Å². The molecule has 106 valence electrons. The number of anilines is 1. The first kappa shape index (κ1) is 14.2. The fraction of sp³-hybridized carbons (Fsp3) is 0.714. The maximum atomic E-state index is 9.49. The van der Waals surface area contributed by atoms with E-state index in [9.17, 15) is 5.11 Å². The molecule has 0 atom stereocenters. The highest BCUT2D eigenvalue weighted by atomic mass is 16.3. The molecule has 2 N–H and O–H groups in total. The summed E-state index contributed by atoms with van der Waals surface area (Å²) in [6, 6.07) is 0. The molecule has 1 saturated heterocycles. The van der Waals surface area contributed by atoms with Crippen molar-refractivity contribution in [2.45, 2.75) is 51.8 Å². The SMILES string of the molecule is CC(C)(C)NCc1cnc(N2CCC(O)CC2)nc1. The van der Waals surface area contributed by atoms with Crippen LogP contribution in [-0.2, 0) is 6.54 Å². The molecule has 5 heteroatoms. The number of aliphatic hydroxyl groups excluding tert-OH is 1. The number of rotatable bonds is 3. The maximum Gasteiger partial charge on any atom is 0.225 e. The minimum atomic E-state index is -0.161. The van der Waals surface area contributed by atoms with Crippen LogP contribution in [0.3, 0.4) is 0 Å². The summed E-state index contributed by atoms with van der Waals surface area (Å²) in [4.78, 5) is 11.0. The van der Waals surface area contributed by atoms with Crippen LogP contribution in [0.2, 0.25) is 0 Å². The Morgan fingerprint density at radius 1 is 1.26 bits per heavy atom. The summed E-state index contributed by atoms with van der Waals surface area (Å²) in [6.07, 6.45) is 5.21. The highest BCUT2D eigenvalue weighted by molar-refractivity contribution is 5.30. The van der Waals surface area contributed by atoms with E-state index in [1.54, 1.807) is 0 Å². The Balaban J connectivity index is 1.91. The summed E-state index contributed by atoms with van der Waals surface area (Å²) in [5.41, 5.74) is 1.19. The third-order valence-electron chi connectivity index (χ3n) is 3.26. The molecule has 19 heavy (non-hydrogen) atoms. The molecule has 1 aliphatic heterocycles. The van der Waals surface area contributed by atoms with Crippen LogP contribution in [0.5, 0.6) is 0 Å². The lowest BCUT2D eigenvalue weighted by molar-refractivity contribution is 0.145. The average Bonchev–Trinajstić information content (AvgIpc) is 2.37. The van der Waals surface area contributed by atoms with Gasteiger partial charge in [0.2, 0.25) is 5.95 Å². The van der Waals surface area contributed by atoms with Crippen LogP contribution in [0.1, 0.15) is 39.2 Å². The molecule has 0 aromatic carbocycles. The smallest absolute Gasteiger partial charge is 0.225 e. The number of nitrogens with one attached hydrogen (secondary N) is 1. The lowest BCUT2D eigenvalue weighted by atomic mass is 10.1. The quantitative estimate of drug-likeness (QED) is 0.862. The van der Waals surface area contributed by atoms with E-state index in [4.69, 9.17) is 0 Å². The number of piperidine rings is 1. The number of aromatic nitrogens is 2. The van der Waals surface area contributed by atoms with Crippen LogP contribution in [0, 0.1) is 0 Å². The molecule has 1 aliphatic rings. The molecule has 0 spiro atoms. The number of nitrogens with zero attached hydrogens (tertiary/aromatic N) is 3. The molecule has 0 aliphatic carbocycles. The van der Waals surface area contributed by atoms with E-state index >= 15 is 0 Å². The molecule has 1 fully saturated rings. The van der Waals surface area contributed by atoms with Gasteiger partial charge in [-0.25, -0.2) is 9.97 Å². The Bertz CT molecular complexity index is 391. The van der Waals surface area contributed by atoms with Crippen LogP contribution < -0.4 is 10.2 Å². The van der Waals surface area contributed by atoms with Gasteiger partial charge in [-0.3, -0.25) is 0 Å². The monoisotopic (exact) mass is 264 g/mol. The molecular formula is C14H24N4O. The minimum Gasteiger partial charge on any atom is -0.393 e. The molecule has 0 unspecified atom stereocenters. The van der Waals surface area contributed by atoms with E-state index in [0.29, 0.717) is 0 Å². The second kappa shape index (κ2) is 5.84. The van der Waals surface area contributed by atoms with Gasteiger partial charge in [0.1, 0.15) is 0 Å². The van der Waals surface area contributed by atoms with Gasteiger partial charge in [0.05, 0.1) is 6.10 Å². The normalized spacial score (nSPS) is 17.8. The maximum absolute atomic E-state index is 9.49. The largest absolute Gasteiger partial charge is 0.393 e. The highest BCUT2D eigenvalue weighted by Gasteiger charge is 2.18. The van der Waals surface area contributed by atoms with Crippen molar-refractivity contribution < 1.29 is 5.11 Å². The number of hydrogen-bond acceptors (Lipinski definition) is 5. The van der Waals surface area contributed by atoms with Gasteiger partial charge >= 0.3 is 0 Å². The second-order valence-electron chi connectivity index (χ2n) is 6.21. The van der Waals surface area contributed by atoms with E-state index in [2.05, 4.69) is 41.0 Å². The van der Waals surface area contributed by atoms with Crippen molar-refractivity contribution in [3.05, 3.63) is 18.0 Å². The van der Waals surface area contributed by atoms with Crippen molar-refractivity contribution >= 4 is 5.95 Å². The fourth-order valence-electron chi connectivity index (χ4n) is 2.04. The molecule has 2 rings (SSSR count). The van der Waals surface area contributed by atoms with Crippen molar-refractivity contribution in [2.75, 3.05) is 18.0 Å². The van der Waals surface area contributed by atoms with Gasteiger partial charge < -0.3 is 15.3 Å². The van der Waals surface area contributed by atoms with Crippen LogP contribution in [0.25, 0.3) is 0 Å². The Morgan fingerprint density at radius 2 is 1.84 bits per heavy atom. The Kier molecular flexibility index (Phi) is 4.37. The van der Waals surface area contributed by atoms with E-state index in [1.807, 2.05) is 12.4 Å². The van der Waals surface area contributed by atoms with Crippen LogP contribution in [-0.4, -0.2) is 39.8 Å². The summed E-state index contributed by atoms with van der Waals surface area (Å²) in [5.74, 6) is 0.770. The molecule has 2 heterocycles. The third-order valence-corrected chi connectivity index (χ3v) is 3.26. The van der Waals surface area contributed by atoms with Gasteiger partial charge in [-0.05, 0) is 33.6 Å². The van der Waals surface area contributed by atoms with Gasteiger partial charge in [0.25, 0.3) is 0 Å². The van der Waals surface area contributed by atoms with E-state index in [-0.39, 0.29) is 11.6 Å². The van der Waals surface area contributed by atoms with Gasteiger partial charge in [0.15, 0.2) is 0 Å². The zero-order chi connectivity index (χ0) is 13.9. The van der Waals surface area contributed by atoms with Crippen molar-refractivity contribution in [3.63, 3.8) is 0 Å². The van der Waals surface area contributed by atoms with Crippen molar-refractivity contribution in [1.82, 2.24) is 15.3 Å². The predicted molar refractivity (Wildman–Crippen MR) is 76.1 cm³/mol. The van der Waals surface area contributed by atoms with Crippen LogP contribution >= 0.6 is 0 Å². The van der Waals surface area contributed by atoms with E-state index in [1.165, 1.54) is 0 Å². The predicted octanol–water partition coefficient (Wildman–Crippen LogP) is 1.33. The average molecular weight is 264 g/mol. The molecule has 0 amide bonds. The second-order valence-corrected chi connectivity index (χ2v) is 6.21. The molecule has 5 nitrogen and oxygen atoms in total.